The molecule has 0 unspecified atom stereocenters. The minimum Gasteiger partial charge on any atom is -0.358 e. The molecule has 5 nitrogen and oxygen atoms in total. The lowest BCUT2D eigenvalue weighted by Crippen LogP contribution is -2.26. The van der Waals surface area contributed by atoms with Crippen LogP contribution in [0.2, 0.25) is 0 Å². The number of hydrogen-bond donors (Lipinski definition) is 2. The van der Waals surface area contributed by atoms with Crippen molar-refractivity contribution in [3.63, 3.8) is 0 Å². The fourth-order valence-electron chi connectivity index (χ4n) is 3.39. The molecule has 1 aromatic carbocycles. The number of aryl methyl sites for hydroxylation is 4. The predicted octanol–water partition coefficient (Wildman–Crippen LogP) is 3.88. The molecule has 0 aliphatic carbocycles. The first-order valence-electron chi connectivity index (χ1n) is 8.95. The molecular formula is C20H26N4O. The second kappa shape index (κ2) is 7.13. The Hall–Kier alpha value is -2.56. The van der Waals surface area contributed by atoms with Crippen molar-refractivity contribution in [2.45, 2.75) is 53.6 Å². The van der Waals surface area contributed by atoms with Crippen molar-refractivity contribution in [2.24, 2.45) is 0 Å². The van der Waals surface area contributed by atoms with Gasteiger partial charge in [-0.2, -0.15) is 5.10 Å². The molecule has 0 saturated carbocycles. The first-order valence-corrected chi connectivity index (χ1v) is 8.95. The summed E-state index contributed by atoms with van der Waals surface area (Å²) >= 11 is 0. The highest BCUT2D eigenvalue weighted by Gasteiger charge is 2.14. The lowest BCUT2D eigenvalue weighted by molar-refractivity contribution is 0.0940. The van der Waals surface area contributed by atoms with Crippen LogP contribution in [0.4, 0.5) is 0 Å². The summed E-state index contributed by atoms with van der Waals surface area (Å²) in [6, 6.07) is 6.12. The van der Waals surface area contributed by atoms with Gasteiger partial charge in [0, 0.05) is 30.4 Å². The second-order valence-corrected chi connectivity index (χ2v) is 6.55. The molecule has 0 aliphatic heterocycles. The van der Waals surface area contributed by atoms with E-state index < -0.39 is 0 Å². The third kappa shape index (κ3) is 3.31. The topological polar surface area (TPSA) is 62.7 Å². The fraction of sp³-hybridized carbons (Fsp3) is 0.400. The molecule has 25 heavy (non-hydrogen) atoms. The van der Waals surface area contributed by atoms with Crippen LogP contribution in [0.1, 0.15) is 53.1 Å². The van der Waals surface area contributed by atoms with Gasteiger partial charge in [0.2, 0.25) is 0 Å². The lowest BCUT2D eigenvalue weighted by Gasteiger charge is -2.09. The van der Waals surface area contributed by atoms with E-state index in [-0.39, 0.29) is 5.91 Å². The van der Waals surface area contributed by atoms with Crippen molar-refractivity contribution in [3.8, 4) is 0 Å². The number of benzene rings is 1. The summed E-state index contributed by atoms with van der Waals surface area (Å²) in [6.07, 6.45) is 3.60. The number of amides is 1. The van der Waals surface area contributed by atoms with Gasteiger partial charge >= 0.3 is 0 Å². The largest absolute Gasteiger partial charge is 0.358 e. The zero-order valence-corrected chi connectivity index (χ0v) is 15.4. The standard InChI is InChI=1S/C20H26N4O/c1-5-9-24-18(7-8-22-24)20(25)21-12-15-10-13(3)11-16-14(4)17(6-2)23-19(15)16/h7-8,10-11,23H,5-6,9,12H2,1-4H3,(H,21,25). The maximum Gasteiger partial charge on any atom is 0.269 e. The summed E-state index contributed by atoms with van der Waals surface area (Å²) in [5.74, 6) is -0.0837. The Labute approximate surface area is 148 Å². The average Bonchev–Trinajstić information content (AvgIpc) is 3.18. The third-order valence-corrected chi connectivity index (χ3v) is 4.67. The number of H-pyrrole nitrogens is 1. The number of carbonyl (C=O) groups excluding carboxylic acids is 1. The van der Waals surface area contributed by atoms with Crippen LogP contribution in [0.5, 0.6) is 0 Å². The molecule has 0 bridgehead atoms. The summed E-state index contributed by atoms with van der Waals surface area (Å²) in [5, 5.41) is 8.52. The van der Waals surface area contributed by atoms with Crippen molar-refractivity contribution in [2.75, 3.05) is 0 Å². The highest BCUT2D eigenvalue weighted by molar-refractivity contribution is 5.93. The molecule has 3 aromatic rings. The van der Waals surface area contributed by atoms with E-state index in [1.165, 1.54) is 22.2 Å². The minimum atomic E-state index is -0.0837. The van der Waals surface area contributed by atoms with Gasteiger partial charge in [-0.15, -0.1) is 0 Å². The van der Waals surface area contributed by atoms with Crippen LogP contribution >= 0.6 is 0 Å². The number of aromatic nitrogens is 3. The van der Waals surface area contributed by atoms with Crippen LogP contribution in [0.25, 0.3) is 10.9 Å². The number of hydrogen-bond acceptors (Lipinski definition) is 2. The van der Waals surface area contributed by atoms with Gasteiger partial charge in [-0.25, -0.2) is 0 Å². The number of carbonyl (C=O) groups is 1. The lowest BCUT2D eigenvalue weighted by atomic mass is 10.0. The Morgan fingerprint density at radius 1 is 1.28 bits per heavy atom. The molecule has 3 rings (SSSR count). The SMILES string of the molecule is CCCn1nccc1C(=O)NCc1cc(C)cc2c(C)c(CC)[nH]c12. The molecule has 132 valence electrons. The van der Waals surface area contributed by atoms with E-state index in [1.807, 2.05) is 0 Å². The van der Waals surface area contributed by atoms with Gasteiger partial charge in [0.05, 0.1) is 5.52 Å². The second-order valence-electron chi connectivity index (χ2n) is 6.55. The smallest absolute Gasteiger partial charge is 0.269 e. The van der Waals surface area contributed by atoms with Gasteiger partial charge in [-0.3, -0.25) is 9.48 Å². The maximum absolute atomic E-state index is 12.5. The normalized spacial score (nSPS) is 11.2. The number of rotatable bonds is 6. The molecule has 0 spiro atoms. The van der Waals surface area contributed by atoms with Gasteiger partial charge in [-0.05, 0) is 49.9 Å². The number of nitrogens with zero attached hydrogens (tertiary/aromatic N) is 2. The summed E-state index contributed by atoms with van der Waals surface area (Å²) < 4.78 is 1.76. The van der Waals surface area contributed by atoms with Crippen molar-refractivity contribution in [3.05, 3.63) is 52.5 Å². The first-order chi connectivity index (χ1) is 12.0. The van der Waals surface area contributed by atoms with Crippen molar-refractivity contribution >= 4 is 16.8 Å². The highest BCUT2D eigenvalue weighted by Crippen LogP contribution is 2.26. The molecule has 0 saturated heterocycles. The van der Waals surface area contributed by atoms with Gasteiger partial charge < -0.3 is 10.3 Å². The van der Waals surface area contributed by atoms with E-state index in [0.29, 0.717) is 12.2 Å². The maximum atomic E-state index is 12.5. The molecule has 0 radical (unpaired) electrons. The Kier molecular flexibility index (Phi) is 4.93. The number of fused-ring (bicyclic) bond motifs is 1. The molecule has 0 fully saturated rings. The van der Waals surface area contributed by atoms with Crippen LogP contribution in [0.3, 0.4) is 0 Å². The molecule has 0 atom stereocenters. The van der Waals surface area contributed by atoms with Gasteiger partial charge in [0.1, 0.15) is 5.69 Å². The van der Waals surface area contributed by atoms with Crippen LogP contribution in [-0.2, 0) is 19.5 Å². The van der Waals surface area contributed by atoms with Crippen LogP contribution < -0.4 is 5.32 Å². The quantitative estimate of drug-likeness (QED) is 0.716. The number of aromatic amines is 1. The summed E-state index contributed by atoms with van der Waals surface area (Å²) in [7, 11) is 0. The predicted molar refractivity (Wildman–Crippen MR) is 101 cm³/mol. The monoisotopic (exact) mass is 338 g/mol. The van der Waals surface area contributed by atoms with Crippen LogP contribution in [0, 0.1) is 13.8 Å². The zero-order valence-electron chi connectivity index (χ0n) is 15.4. The van der Waals surface area contributed by atoms with Gasteiger partial charge in [-0.1, -0.05) is 25.5 Å². The molecular weight excluding hydrogens is 312 g/mol. The van der Waals surface area contributed by atoms with Crippen molar-refractivity contribution in [1.29, 1.82) is 0 Å². The molecule has 1 amide bonds. The van der Waals surface area contributed by atoms with Gasteiger partial charge in [0.25, 0.3) is 5.91 Å². The van der Waals surface area contributed by atoms with E-state index in [0.717, 1.165) is 30.5 Å². The number of nitrogens with one attached hydrogen (secondary N) is 2. The minimum absolute atomic E-state index is 0.0837. The van der Waals surface area contributed by atoms with Crippen LogP contribution in [-0.4, -0.2) is 20.7 Å². The first kappa shape index (κ1) is 17.3. The Bertz CT molecular complexity index is 904. The molecule has 2 heterocycles. The van der Waals surface area contributed by atoms with Gasteiger partial charge in [0.15, 0.2) is 0 Å². The van der Waals surface area contributed by atoms with E-state index >= 15 is 0 Å². The fourth-order valence-corrected chi connectivity index (χ4v) is 3.39. The Morgan fingerprint density at radius 2 is 2.08 bits per heavy atom. The average molecular weight is 338 g/mol. The third-order valence-electron chi connectivity index (χ3n) is 4.67. The van der Waals surface area contributed by atoms with Crippen molar-refractivity contribution < 1.29 is 4.79 Å². The molecule has 2 N–H and O–H groups in total. The molecule has 0 aliphatic rings. The van der Waals surface area contributed by atoms with Crippen LogP contribution in [0.15, 0.2) is 24.4 Å². The van der Waals surface area contributed by atoms with E-state index in [4.69, 9.17) is 0 Å². The Morgan fingerprint density at radius 3 is 2.80 bits per heavy atom. The van der Waals surface area contributed by atoms with Crippen molar-refractivity contribution in [1.82, 2.24) is 20.1 Å². The van der Waals surface area contributed by atoms with E-state index in [1.54, 1.807) is 16.9 Å². The molecule has 2 aromatic heterocycles. The molecule has 5 heteroatoms. The highest BCUT2D eigenvalue weighted by atomic mass is 16.2. The zero-order chi connectivity index (χ0) is 18.0. The van der Waals surface area contributed by atoms with E-state index in [9.17, 15) is 4.79 Å². The summed E-state index contributed by atoms with van der Waals surface area (Å²) in [4.78, 5) is 16.1. The summed E-state index contributed by atoms with van der Waals surface area (Å²) in [5.41, 5.74) is 6.62. The van der Waals surface area contributed by atoms with E-state index in [2.05, 4.69) is 55.2 Å². The summed E-state index contributed by atoms with van der Waals surface area (Å²) in [6.45, 7) is 9.73. The Balaban J connectivity index is 1.85.